The summed E-state index contributed by atoms with van der Waals surface area (Å²) in [7, 11) is 2.11. The molecule has 0 bridgehead atoms. The maximum absolute atomic E-state index is 3.59. The van der Waals surface area contributed by atoms with Crippen molar-refractivity contribution in [2.45, 2.75) is 51.1 Å². The molecule has 2 rings (SSSR count). The van der Waals surface area contributed by atoms with Crippen LogP contribution in [0.5, 0.6) is 0 Å². The summed E-state index contributed by atoms with van der Waals surface area (Å²) in [6.45, 7) is 7.28. The molecule has 1 heterocycles. The Kier molecular flexibility index (Phi) is 5.87. The van der Waals surface area contributed by atoms with Crippen LogP contribution in [0.15, 0.2) is 24.3 Å². The van der Waals surface area contributed by atoms with Crippen LogP contribution in [-0.2, 0) is 6.42 Å². The minimum Gasteiger partial charge on any atom is -0.315 e. The average Bonchev–Trinajstić information content (AvgIpc) is 3.00. The van der Waals surface area contributed by atoms with E-state index in [2.05, 4.69) is 78.0 Å². The third kappa shape index (κ3) is 3.55. The van der Waals surface area contributed by atoms with Crippen molar-refractivity contribution in [1.29, 1.82) is 0 Å². The summed E-state index contributed by atoms with van der Waals surface area (Å²) in [6, 6.07) is 9.47. The smallest absolute Gasteiger partial charge is 0.0334 e. The summed E-state index contributed by atoms with van der Waals surface area (Å²) in [5.74, 6) is 0. The van der Waals surface area contributed by atoms with E-state index in [1.54, 1.807) is 0 Å². The van der Waals surface area contributed by atoms with Crippen molar-refractivity contribution >= 4 is 22.6 Å². The van der Waals surface area contributed by atoms with Crippen LogP contribution in [0.3, 0.4) is 0 Å². The summed E-state index contributed by atoms with van der Waals surface area (Å²) < 4.78 is 1.31. The molecule has 1 aliphatic heterocycles. The Balaban J connectivity index is 2.14. The van der Waals surface area contributed by atoms with Crippen LogP contribution in [0.25, 0.3) is 0 Å². The Morgan fingerprint density at radius 1 is 1.25 bits per heavy atom. The molecule has 1 fully saturated rings. The predicted octanol–water partition coefficient (Wildman–Crippen LogP) is 3.69. The lowest BCUT2D eigenvalue weighted by Crippen LogP contribution is -2.58. The molecule has 1 aromatic rings. The number of hydrogen-bond acceptors (Lipinski definition) is 2. The van der Waals surface area contributed by atoms with Crippen LogP contribution in [-0.4, -0.2) is 36.6 Å². The highest BCUT2D eigenvalue weighted by Crippen LogP contribution is 2.29. The van der Waals surface area contributed by atoms with Gasteiger partial charge >= 0.3 is 0 Å². The molecule has 0 aromatic heterocycles. The maximum Gasteiger partial charge on any atom is 0.0334 e. The third-order valence-electron chi connectivity index (χ3n) is 5.00. The molecule has 0 aliphatic carbocycles. The Morgan fingerprint density at radius 3 is 2.35 bits per heavy atom. The second-order valence-corrected chi connectivity index (χ2v) is 7.32. The van der Waals surface area contributed by atoms with Crippen LogP contribution in [0.1, 0.15) is 38.7 Å². The molecule has 20 heavy (non-hydrogen) atoms. The largest absolute Gasteiger partial charge is 0.315 e. The topological polar surface area (TPSA) is 15.3 Å². The van der Waals surface area contributed by atoms with E-state index in [4.69, 9.17) is 0 Å². The van der Waals surface area contributed by atoms with Gasteiger partial charge in [0.25, 0.3) is 0 Å². The summed E-state index contributed by atoms with van der Waals surface area (Å²) in [4.78, 5) is 2.70. The van der Waals surface area contributed by atoms with E-state index in [1.807, 2.05) is 0 Å². The van der Waals surface area contributed by atoms with Gasteiger partial charge in [-0.2, -0.15) is 0 Å². The molecular weight excluding hydrogens is 359 g/mol. The number of rotatable bonds is 6. The van der Waals surface area contributed by atoms with Crippen molar-refractivity contribution in [1.82, 2.24) is 10.2 Å². The number of benzene rings is 1. The van der Waals surface area contributed by atoms with Crippen molar-refractivity contribution < 1.29 is 0 Å². The van der Waals surface area contributed by atoms with Crippen LogP contribution in [0.4, 0.5) is 0 Å². The minimum absolute atomic E-state index is 0.258. The fourth-order valence-electron chi connectivity index (χ4n) is 3.41. The SMILES string of the molecule is CCC(C)(C(Cc1ccc(I)cc1)NC)N1CCCC1. The zero-order valence-corrected chi connectivity index (χ0v) is 15.1. The van der Waals surface area contributed by atoms with Crippen LogP contribution >= 0.6 is 22.6 Å². The molecule has 2 atom stereocenters. The molecule has 2 nitrogen and oxygen atoms in total. The van der Waals surface area contributed by atoms with Crippen LogP contribution in [0, 0.1) is 3.57 Å². The number of halogens is 1. The van der Waals surface area contributed by atoms with Gasteiger partial charge in [-0.15, -0.1) is 0 Å². The molecule has 112 valence electrons. The lowest BCUT2D eigenvalue weighted by molar-refractivity contribution is 0.0873. The zero-order valence-electron chi connectivity index (χ0n) is 13.0. The molecule has 1 aliphatic rings. The number of likely N-dealkylation sites (tertiary alicyclic amines) is 1. The number of hydrogen-bond donors (Lipinski definition) is 1. The predicted molar refractivity (Wildman–Crippen MR) is 95.2 cm³/mol. The first-order valence-corrected chi connectivity index (χ1v) is 8.84. The van der Waals surface area contributed by atoms with Crippen molar-refractivity contribution in [2.24, 2.45) is 0 Å². The summed E-state index contributed by atoms with van der Waals surface area (Å²) in [5.41, 5.74) is 1.69. The first kappa shape index (κ1) is 16.2. The first-order chi connectivity index (χ1) is 9.60. The fourth-order valence-corrected chi connectivity index (χ4v) is 3.77. The normalized spacial score (nSPS) is 20.8. The van der Waals surface area contributed by atoms with Gasteiger partial charge in [0.1, 0.15) is 0 Å². The Labute approximate surface area is 137 Å². The van der Waals surface area contributed by atoms with Gasteiger partial charge < -0.3 is 5.32 Å². The van der Waals surface area contributed by atoms with Gasteiger partial charge in [0.15, 0.2) is 0 Å². The van der Waals surface area contributed by atoms with Gasteiger partial charge in [-0.3, -0.25) is 4.90 Å². The molecule has 2 unspecified atom stereocenters. The standard InChI is InChI=1S/C17H27IN2/c1-4-17(2,20-11-5-6-12-20)16(19-3)13-14-7-9-15(18)10-8-14/h7-10,16,19H,4-6,11-13H2,1-3H3. The summed E-state index contributed by atoms with van der Waals surface area (Å²) in [5, 5.41) is 3.59. The molecule has 1 N–H and O–H groups in total. The van der Waals surface area contributed by atoms with Gasteiger partial charge in [-0.25, -0.2) is 0 Å². The number of nitrogens with zero attached hydrogens (tertiary/aromatic N) is 1. The number of likely N-dealkylation sites (N-methyl/N-ethyl adjacent to an activating group) is 1. The quantitative estimate of drug-likeness (QED) is 0.751. The summed E-state index contributed by atoms with van der Waals surface area (Å²) >= 11 is 2.37. The van der Waals surface area contributed by atoms with E-state index >= 15 is 0 Å². The summed E-state index contributed by atoms with van der Waals surface area (Å²) in [6.07, 6.45) is 5.02. The lowest BCUT2D eigenvalue weighted by Gasteiger charge is -2.44. The highest BCUT2D eigenvalue weighted by atomic mass is 127. The highest BCUT2D eigenvalue weighted by Gasteiger charge is 2.38. The first-order valence-electron chi connectivity index (χ1n) is 7.77. The van der Waals surface area contributed by atoms with Crippen molar-refractivity contribution in [3.05, 3.63) is 33.4 Å². The molecule has 1 saturated heterocycles. The van der Waals surface area contributed by atoms with E-state index in [0.29, 0.717) is 6.04 Å². The Bertz CT molecular complexity index is 412. The van der Waals surface area contributed by atoms with Crippen LogP contribution < -0.4 is 5.32 Å². The van der Waals surface area contributed by atoms with Crippen molar-refractivity contribution in [3.63, 3.8) is 0 Å². The van der Waals surface area contributed by atoms with Crippen molar-refractivity contribution in [2.75, 3.05) is 20.1 Å². The van der Waals surface area contributed by atoms with E-state index in [-0.39, 0.29) is 5.54 Å². The molecular formula is C17H27IN2. The molecule has 0 saturated carbocycles. The second kappa shape index (κ2) is 7.23. The lowest BCUT2D eigenvalue weighted by atomic mass is 9.83. The molecule has 0 radical (unpaired) electrons. The zero-order chi connectivity index (χ0) is 14.6. The van der Waals surface area contributed by atoms with E-state index in [1.165, 1.54) is 41.5 Å². The van der Waals surface area contributed by atoms with Gasteiger partial charge in [-0.05, 0) is 93.0 Å². The van der Waals surface area contributed by atoms with E-state index in [0.717, 1.165) is 6.42 Å². The maximum atomic E-state index is 3.59. The molecule has 1 aromatic carbocycles. The number of nitrogens with one attached hydrogen (secondary N) is 1. The van der Waals surface area contributed by atoms with Gasteiger partial charge in [-0.1, -0.05) is 19.1 Å². The Hall–Kier alpha value is -0.130. The monoisotopic (exact) mass is 386 g/mol. The second-order valence-electron chi connectivity index (χ2n) is 6.08. The molecule has 3 heteroatoms. The molecule has 0 spiro atoms. The van der Waals surface area contributed by atoms with Crippen molar-refractivity contribution in [3.8, 4) is 0 Å². The Morgan fingerprint density at radius 2 is 1.85 bits per heavy atom. The molecule has 0 amide bonds. The third-order valence-corrected chi connectivity index (χ3v) is 5.72. The average molecular weight is 386 g/mol. The minimum atomic E-state index is 0.258. The van der Waals surface area contributed by atoms with E-state index < -0.39 is 0 Å². The van der Waals surface area contributed by atoms with Crippen LogP contribution in [0.2, 0.25) is 0 Å². The van der Waals surface area contributed by atoms with E-state index in [9.17, 15) is 0 Å². The van der Waals surface area contributed by atoms with Gasteiger partial charge in [0.05, 0.1) is 0 Å². The van der Waals surface area contributed by atoms with Gasteiger partial charge in [0.2, 0.25) is 0 Å². The van der Waals surface area contributed by atoms with Gasteiger partial charge in [0, 0.05) is 15.2 Å². The highest BCUT2D eigenvalue weighted by molar-refractivity contribution is 14.1. The fraction of sp³-hybridized carbons (Fsp3) is 0.647.